The fraction of sp³-hybridized carbons (Fsp3) is 0.156. The van der Waals surface area contributed by atoms with E-state index in [2.05, 4.69) is 10.3 Å². The minimum atomic E-state index is -0.126. The number of phenols is 1. The Kier molecular flexibility index (Phi) is 8.02. The zero-order valence-electron chi connectivity index (χ0n) is 21.9. The zero-order valence-corrected chi connectivity index (χ0v) is 21.9. The summed E-state index contributed by atoms with van der Waals surface area (Å²) < 4.78 is 0. The van der Waals surface area contributed by atoms with Crippen molar-refractivity contribution in [1.29, 1.82) is 0 Å². The van der Waals surface area contributed by atoms with Crippen molar-refractivity contribution in [2.45, 2.75) is 33.7 Å². The fourth-order valence-corrected chi connectivity index (χ4v) is 4.25. The average molecular weight is 506 g/mol. The minimum Gasteiger partial charge on any atom is -0.508 e. The molecule has 1 heterocycles. The van der Waals surface area contributed by atoms with E-state index in [-0.39, 0.29) is 23.5 Å². The summed E-state index contributed by atoms with van der Waals surface area (Å²) >= 11 is 0. The molecule has 0 spiro atoms. The number of aromatic hydroxyl groups is 1. The first-order valence-electron chi connectivity index (χ1n) is 12.4. The van der Waals surface area contributed by atoms with Crippen LogP contribution in [0.15, 0.2) is 91.0 Å². The Labute approximate surface area is 222 Å². The van der Waals surface area contributed by atoms with E-state index >= 15 is 0 Å². The predicted octanol–water partition coefficient (Wildman–Crippen LogP) is 7.00. The number of H-pyrrole nitrogens is 1. The number of ketones is 1. The minimum absolute atomic E-state index is 0.0977. The largest absolute Gasteiger partial charge is 0.508 e. The van der Waals surface area contributed by atoms with E-state index in [1.807, 2.05) is 92.7 Å². The summed E-state index contributed by atoms with van der Waals surface area (Å²) in [5.41, 5.74) is 7.07. The molecule has 0 saturated heterocycles. The number of para-hydroxylation sites is 2. The summed E-state index contributed by atoms with van der Waals surface area (Å²) in [5.74, 6) is 0.946. The number of benzene rings is 4. The van der Waals surface area contributed by atoms with E-state index in [1.165, 1.54) is 13.8 Å². The van der Waals surface area contributed by atoms with Crippen LogP contribution in [0, 0.1) is 6.92 Å². The summed E-state index contributed by atoms with van der Waals surface area (Å²) in [7, 11) is 0. The number of aryl methyl sites for hydroxylation is 1. The summed E-state index contributed by atoms with van der Waals surface area (Å²) in [4.78, 5) is 30.5. The van der Waals surface area contributed by atoms with Gasteiger partial charge >= 0.3 is 0 Å². The first-order chi connectivity index (χ1) is 18.2. The molecule has 5 rings (SSSR count). The van der Waals surface area contributed by atoms with Gasteiger partial charge in [0.15, 0.2) is 0 Å². The highest BCUT2D eigenvalue weighted by Crippen LogP contribution is 2.36. The molecule has 3 N–H and O–H groups in total. The summed E-state index contributed by atoms with van der Waals surface area (Å²) in [5, 5.41) is 13.3. The van der Waals surface area contributed by atoms with Crippen molar-refractivity contribution in [2.75, 3.05) is 0 Å². The highest BCUT2D eigenvalue weighted by Gasteiger charge is 2.17. The molecular formula is C32H31N3O3. The van der Waals surface area contributed by atoms with Gasteiger partial charge in [-0.1, -0.05) is 48.5 Å². The number of aromatic amines is 1. The van der Waals surface area contributed by atoms with E-state index < -0.39 is 0 Å². The van der Waals surface area contributed by atoms with E-state index in [1.54, 1.807) is 12.1 Å². The Morgan fingerprint density at radius 1 is 0.842 bits per heavy atom. The summed E-state index contributed by atoms with van der Waals surface area (Å²) in [6.07, 6.45) is 0. The van der Waals surface area contributed by atoms with E-state index in [4.69, 9.17) is 4.98 Å². The molecule has 0 unspecified atom stereocenters. The molecule has 6 nitrogen and oxygen atoms in total. The first-order valence-corrected chi connectivity index (χ1v) is 12.4. The second-order valence-corrected chi connectivity index (χ2v) is 9.38. The number of carbonyl (C=O) groups excluding carboxylic acids is 2. The molecule has 0 radical (unpaired) electrons. The van der Waals surface area contributed by atoms with Gasteiger partial charge in [-0.25, -0.2) is 4.98 Å². The van der Waals surface area contributed by atoms with Crippen LogP contribution in [-0.2, 0) is 4.79 Å². The number of fused-ring (bicyclic) bond motifs is 1. The topological polar surface area (TPSA) is 95.1 Å². The van der Waals surface area contributed by atoms with Gasteiger partial charge in [0, 0.05) is 11.1 Å². The Balaban J connectivity index is 0.000000786. The Bertz CT molecular complexity index is 1550. The smallest absolute Gasteiger partial charge is 0.251 e. The van der Waals surface area contributed by atoms with Crippen LogP contribution in [0.1, 0.15) is 48.3 Å². The average Bonchev–Trinajstić information content (AvgIpc) is 3.33. The van der Waals surface area contributed by atoms with Gasteiger partial charge in [-0.2, -0.15) is 0 Å². The molecular weight excluding hydrogens is 474 g/mol. The van der Waals surface area contributed by atoms with Crippen LogP contribution in [0.2, 0.25) is 0 Å². The lowest BCUT2D eigenvalue weighted by molar-refractivity contribution is -0.115. The van der Waals surface area contributed by atoms with Gasteiger partial charge in [-0.05, 0) is 92.4 Å². The fourth-order valence-electron chi connectivity index (χ4n) is 4.25. The van der Waals surface area contributed by atoms with Crippen LogP contribution in [0.5, 0.6) is 5.75 Å². The number of imidazole rings is 1. The molecule has 0 saturated carbocycles. The number of Topliss-reactive ketones (excluding diaryl/α,β-unsaturated/α-hetero) is 1. The highest BCUT2D eigenvalue weighted by atomic mass is 16.3. The van der Waals surface area contributed by atoms with Crippen molar-refractivity contribution in [2.24, 2.45) is 0 Å². The van der Waals surface area contributed by atoms with Crippen molar-refractivity contribution in [3.63, 3.8) is 0 Å². The number of hydrogen-bond donors (Lipinski definition) is 3. The van der Waals surface area contributed by atoms with Crippen molar-refractivity contribution in [1.82, 2.24) is 15.3 Å². The number of phenolic OH excluding ortho intramolecular Hbond substituents is 1. The van der Waals surface area contributed by atoms with E-state index in [9.17, 15) is 14.7 Å². The van der Waals surface area contributed by atoms with Crippen LogP contribution >= 0.6 is 0 Å². The molecule has 1 amide bonds. The van der Waals surface area contributed by atoms with Gasteiger partial charge in [-0.15, -0.1) is 0 Å². The van der Waals surface area contributed by atoms with Crippen molar-refractivity contribution >= 4 is 22.7 Å². The number of aromatic nitrogens is 2. The SMILES string of the molecule is CC(C)=O.Cc1cc(C(=O)N[C@H](C)c2ccccc2)ccc1-c1cc(O)ccc1-c1nc2ccccc2[nH]1. The number of rotatable bonds is 5. The van der Waals surface area contributed by atoms with Crippen molar-refractivity contribution < 1.29 is 14.7 Å². The molecule has 0 aliphatic rings. The number of nitrogens with zero attached hydrogens (tertiary/aromatic N) is 1. The van der Waals surface area contributed by atoms with Crippen molar-refractivity contribution in [3.05, 3.63) is 108 Å². The molecule has 4 aromatic carbocycles. The van der Waals surface area contributed by atoms with Crippen LogP contribution < -0.4 is 5.32 Å². The summed E-state index contributed by atoms with van der Waals surface area (Å²) in [6.45, 7) is 7.00. The van der Waals surface area contributed by atoms with Gasteiger partial charge in [0.05, 0.1) is 17.1 Å². The lowest BCUT2D eigenvalue weighted by Gasteiger charge is -2.16. The second-order valence-electron chi connectivity index (χ2n) is 9.38. The normalized spacial score (nSPS) is 11.4. The van der Waals surface area contributed by atoms with Gasteiger partial charge in [-0.3, -0.25) is 4.79 Å². The molecule has 1 aromatic heterocycles. The summed E-state index contributed by atoms with van der Waals surface area (Å²) in [6, 6.07) is 28.6. The van der Waals surface area contributed by atoms with Gasteiger partial charge in [0.25, 0.3) is 5.91 Å². The molecule has 0 aliphatic heterocycles. The van der Waals surface area contributed by atoms with Gasteiger partial charge < -0.3 is 20.2 Å². The Morgan fingerprint density at radius 2 is 1.50 bits per heavy atom. The van der Waals surface area contributed by atoms with E-state index in [0.717, 1.165) is 44.7 Å². The zero-order chi connectivity index (χ0) is 27.2. The molecule has 0 fully saturated rings. The molecule has 0 bridgehead atoms. The number of nitrogens with one attached hydrogen (secondary N) is 2. The maximum atomic E-state index is 12.9. The third-order valence-corrected chi connectivity index (χ3v) is 6.07. The third kappa shape index (κ3) is 6.16. The second kappa shape index (κ2) is 11.6. The van der Waals surface area contributed by atoms with E-state index in [0.29, 0.717) is 5.56 Å². The lowest BCUT2D eigenvalue weighted by Crippen LogP contribution is -2.26. The Morgan fingerprint density at radius 3 is 2.18 bits per heavy atom. The maximum absolute atomic E-state index is 12.9. The molecule has 192 valence electrons. The van der Waals surface area contributed by atoms with Gasteiger partial charge in [0.2, 0.25) is 0 Å². The predicted molar refractivity (Wildman–Crippen MR) is 152 cm³/mol. The van der Waals surface area contributed by atoms with Crippen molar-refractivity contribution in [3.8, 4) is 28.3 Å². The number of hydrogen-bond acceptors (Lipinski definition) is 4. The Hall–Kier alpha value is -4.71. The van der Waals surface area contributed by atoms with Crippen LogP contribution in [-0.4, -0.2) is 26.8 Å². The first kappa shape index (κ1) is 26.4. The third-order valence-electron chi connectivity index (χ3n) is 6.07. The van der Waals surface area contributed by atoms with Crippen LogP contribution in [0.4, 0.5) is 0 Å². The maximum Gasteiger partial charge on any atom is 0.251 e. The number of amides is 1. The molecule has 6 heteroatoms. The number of carbonyl (C=O) groups is 2. The monoisotopic (exact) mass is 505 g/mol. The lowest BCUT2D eigenvalue weighted by atomic mass is 9.93. The standard InChI is InChI=1S/C29H25N3O2.C3H6O/c1-18-16-21(29(34)30-19(2)20-8-4-3-5-9-20)12-14-23(18)25-17-22(33)13-15-24(25)28-31-26-10-6-7-11-27(26)32-28;1-3(2)4/h3-17,19,33H,1-2H3,(H,30,34)(H,31,32);1-2H3/t19-;/m1./s1. The highest BCUT2D eigenvalue weighted by molar-refractivity contribution is 5.96. The molecule has 38 heavy (non-hydrogen) atoms. The van der Waals surface area contributed by atoms with Crippen LogP contribution in [0.25, 0.3) is 33.5 Å². The van der Waals surface area contributed by atoms with Crippen LogP contribution in [0.3, 0.4) is 0 Å². The molecule has 1 atom stereocenters. The molecule has 0 aliphatic carbocycles. The molecule has 5 aromatic rings. The van der Waals surface area contributed by atoms with Gasteiger partial charge in [0.1, 0.15) is 17.4 Å². The quantitative estimate of drug-likeness (QED) is 0.240.